The first kappa shape index (κ1) is 11.8. The first-order valence-electron chi connectivity index (χ1n) is 5.25. The topological polar surface area (TPSA) is 34.2 Å². The van der Waals surface area contributed by atoms with Crippen LogP contribution in [0.3, 0.4) is 0 Å². The molecule has 0 aliphatic carbocycles. The maximum absolute atomic E-state index is 13.8. The standard InChI is InChI=1S/C13H14FNO2/c1-16-13(17-2)11-8-10(14)12(15-11)9-6-4-3-5-7-9/h3-8,13,15H,1-2H3. The van der Waals surface area contributed by atoms with Crippen LogP contribution in [0.4, 0.5) is 4.39 Å². The van der Waals surface area contributed by atoms with Crippen molar-refractivity contribution in [2.75, 3.05) is 14.2 Å². The molecule has 0 saturated heterocycles. The predicted octanol–water partition coefficient (Wildman–Crippen LogP) is 3.11. The Bertz CT molecular complexity index is 477. The zero-order valence-corrected chi connectivity index (χ0v) is 9.74. The van der Waals surface area contributed by atoms with Crippen molar-refractivity contribution in [2.45, 2.75) is 6.29 Å². The molecular formula is C13H14FNO2. The zero-order valence-electron chi connectivity index (χ0n) is 9.74. The number of nitrogens with one attached hydrogen (secondary N) is 1. The third-order valence-electron chi connectivity index (χ3n) is 2.53. The van der Waals surface area contributed by atoms with E-state index in [0.29, 0.717) is 11.4 Å². The van der Waals surface area contributed by atoms with Crippen molar-refractivity contribution in [3.05, 3.63) is 47.9 Å². The summed E-state index contributed by atoms with van der Waals surface area (Å²) in [6.07, 6.45) is -0.582. The Balaban J connectivity index is 2.37. The normalized spacial score (nSPS) is 11.1. The smallest absolute Gasteiger partial charge is 0.198 e. The van der Waals surface area contributed by atoms with Crippen molar-refractivity contribution in [3.8, 4) is 11.3 Å². The summed E-state index contributed by atoms with van der Waals surface area (Å²) >= 11 is 0. The molecule has 1 N–H and O–H groups in total. The second-order valence-corrected chi connectivity index (χ2v) is 3.62. The van der Waals surface area contributed by atoms with E-state index >= 15 is 0 Å². The number of benzene rings is 1. The number of rotatable bonds is 4. The molecule has 90 valence electrons. The van der Waals surface area contributed by atoms with Gasteiger partial charge in [-0.05, 0) is 0 Å². The van der Waals surface area contributed by atoms with E-state index in [1.54, 1.807) is 0 Å². The fourth-order valence-corrected chi connectivity index (χ4v) is 1.74. The maximum atomic E-state index is 13.8. The van der Waals surface area contributed by atoms with Crippen LogP contribution in [-0.4, -0.2) is 19.2 Å². The quantitative estimate of drug-likeness (QED) is 0.826. The van der Waals surface area contributed by atoms with Gasteiger partial charge in [-0.2, -0.15) is 0 Å². The summed E-state index contributed by atoms with van der Waals surface area (Å²) in [6.45, 7) is 0. The molecular weight excluding hydrogens is 221 g/mol. The number of ether oxygens (including phenoxy) is 2. The van der Waals surface area contributed by atoms with E-state index in [-0.39, 0.29) is 5.82 Å². The maximum Gasteiger partial charge on any atom is 0.198 e. The van der Waals surface area contributed by atoms with Gasteiger partial charge in [0.1, 0.15) is 5.82 Å². The van der Waals surface area contributed by atoms with Crippen molar-refractivity contribution < 1.29 is 13.9 Å². The Morgan fingerprint density at radius 2 is 1.76 bits per heavy atom. The van der Waals surface area contributed by atoms with Crippen LogP contribution in [0.1, 0.15) is 12.0 Å². The summed E-state index contributed by atoms with van der Waals surface area (Å²) < 4.78 is 23.9. The van der Waals surface area contributed by atoms with Gasteiger partial charge in [0.2, 0.25) is 0 Å². The van der Waals surface area contributed by atoms with Crippen LogP contribution >= 0.6 is 0 Å². The van der Waals surface area contributed by atoms with Crippen LogP contribution in [0.25, 0.3) is 11.3 Å². The van der Waals surface area contributed by atoms with Crippen molar-refractivity contribution in [1.82, 2.24) is 4.98 Å². The Morgan fingerprint density at radius 3 is 2.35 bits per heavy atom. The number of methoxy groups -OCH3 is 2. The molecule has 0 spiro atoms. The van der Waals surface area contributed by atoms with E-state index in [2.05, 4.69) is 4.98 Å². The van der Waals surface area contributed by atoms with Crippen molar-refractivity contribution in [3.63, 3.8) is 0 Å². The highest BCUT2D eigenvalue weighted by atomic mass is 19.1. The Hall–Kier alpha value is -1.65. The van der Waals surface area contributed by atoms with Crippen LogP contribution < -0.4 is 0 Å². The van der Waals surface area contributed by atoms with Gasteiger partial charge in [0, 0.05) is 25.8 Å². The van der Waals surface area contributed by atoms with E-state index in [0.717, 1.165) is 5.56 Å². The number of H-pyrrole nitrogens is 1. The summed E-state index contributed by atoms with van der Waals surface area (Å²) in [6, 6.07) is 10.7. The van der Waals surface area contributed by atoms with E-state index in [1.165, 1.54) is 20.3 Å². The number of hydrogen-bond acceptors (Lipinski definition) is 2. The molecule has 0 aliphatic rings. The van der Waals surface area contributed by atoms with Crippen LogP contribution in [0.5, 0.6) is 0 Å². The predicted molar refractivity (Wildman–Crippen MR) is 62.9 cm³/mol. The molecule has 0 fully saturated rings. The fraction of sp³-hybridized carbons (Fsp3) is 0.231. The minimum absolute atomic E-state index is 0.315. The van der Waals surface area contributed by atoms with Crippen molar-refractivity contribution in [1.29, 1.82) is 0 Å². The van der Waals surface area contributed by atoms with Gasteiger partial charge in [-0.3, -0.25) is 0 Å². The van der Waals surface area contributed by atoms with Gasteiger partial charge >= 0.3 is 0 Å². The largest absolute Gasteiger partial charge is 0.352 e. The third kappa shape index (κ3) is 2.38. The molecule has 0 amide bonds. The molecule has 0 atom stereocenters. The Morgan fingerprint density at radius 1 is 1.12 bits per heavy atom. The second kappa shape index (κ2) is 5.12. The molecule has 4 heteroatoms. The van der Waals surface area contributed by atoms with Gasteiger partial charge in [0.05, 0.1) is 11.4 Å². The molecule has 0 aliphatic heterocycles. The molecule has 0 saturated carbocycles. The molecule has 2 aromatic rings. The van der Waals surface area contributed by atoms with Gasteiger partial charge in [-0.25, -0.2) is 4.39 Å². The van der Waals surface area contributed by atoms with Crippen molar-refractivity contribution in [2.24, 2.45) is 0 Å². The fourth-order valence-electron chi connectivity index (χ4n) is 1.74. The molecule has 1 aromatic heterocycles. The first-order chi connectivity index (χ1) is 8.26. The second-order valence-electron chi connectivity index (χ2n) is 3.62. The lowest BCUT2D eigenvalue weighted by Gasteiger charge is -2.10. The van der Waals surface area contributed by atoms with Gasteiger partial charge in [-0.15, -0.1) is 0 Å². The molecule has 2 rings (SSSR count). The summed E-state index contributed by atoms with van der Waals surface area (Å²) in [4.78, 5) is 2.97. The molecule has 0 unspecified atom stereocenters. The van der Waals surface area contributed by atoms with E-state index in [1.807, 2.05) is 30.3 Å². The van der Waals surface area contributed by atoms with Crippen LogP contribution in [0.15, 0.2) is 36.4 Å². The van der Waals surface area contributed by atoms with E-state index < -0.39 is 6.29 Å². The lowest BCUT2D eigenvalue weighted by molar-refractivity contribution is -0.108. The average molecular weight is 235 g/mol. The molecule has 17 heavy (non-hydrogen) atoms. The van der Waals surface area contributed by atoms with Crippen LogP contribution in [-0.2, 0) is 9.47 Å². The zero-order chi connectivity index (χ0) is 12.3. The highest BCUT2D eigenvalue weighted by molar-refractivity contribution is 5.60. The number of aromatic amines is 1. The van der Waals surface area contributed by atoms with Gasteiger partial charge in [0.25, 0.3) is 0 Å². The summed E-state index contributed by atoms with van der Waals surface area (Å²) in [5.41, 5.74) is 1.80. The highest BCUT2D eigenvalue weighted by Crippen LogP contribution is 2.26. The number of aromatic nitrogens is 1. The molecule has 1 heterocycles. The van der Waals surface area contributed by atoms with Crippen LogP contribution in [0.2, 0.25) is 0 Å². The summed E-state index contributed by atoms with van der Waals surface area (Å²) in [7, 11) is 3.02. The molecule has 0 bridgehead atoms. The lowest BCUT2D eigenvalue weighted by Crippen LogP contribution is -2.03. The molecule has 1 aromatic carbocycles. The summed E-state index contributed by atoms with van der Waals surface area (Å²) in [5.74, 6) is -0.315. The Kier molecular flexibility index (Phi) is 3.56. The van der Waals surface area contributed by atoms with E-state index in [9.17, 15) is 4.39 Å². The SMILES string of the molecule is COC(OC)c1cc(F)c(-c2ccccc2)[nH]1. The minimum Gasteiger partial charge on any atom is -0.352 e. The minimum atomic E-state index is -0.582. The molecule has 3 nitrogen and oxygen atoms in total. The van der Waals surface area contributed by atoms with Gasteiger partial charge in [-0.1, -0.05) is 30.3 Å². The van der Waals surface area contributed by atoms with Gasteiger partial charge in [0.15, 0.2) is 6.29 Å². The highest BCUT2D eigenvalue weighted by Gasteiger charge is 2.16. The monoisotopic (exact) mass is 235 g/mol. The molecule has 0 radical (unpaired) electrons. The summed E-state index contributed by atoms with van der Waals surface area (Å²) in [5, 5.41) is 0. The Labute approximate surface area is 99.2 Å². The number of halogens is 1. The van der Waals surface area contributed by atoms with Crippen LogP contribution in [0, 0.1) is 5.82 Å². The average Bonchev–Trinajstić information content (AvgIpc) is 2.74. The number of hydrogen-bond donors (Lipinski definition) is 1. The van der Waals surface area contributed by atoms with Crippen molar-refractivity contribution >= 4 is 0 Å². The first-order valence-corrected chi connectivity index (χ1v) is 5.25. The third-order valence-corrected chi connectivity index (χ3v) is 2.53. The van der Waals surface area contributed by atoms with E-state index in [4.69, 9.17) is 9.47 Å². The lowest BCUT2D eigenvalue weighted by atomic mass is 10.1. The van der Waals surface area contributed by atoms with Gasteiger partial charge < -0.3 is 14.5 Å².